The van der Waals surface area contributed by atoms with Crippen molar-refractivity contribution in [3.8, 4) is 6.07 Å². The normalized spacial score (nSPS) is 11.8. The summed E-state index contributed by atoms with van der Waals surface area (Å²) in [6.45, 7) is 0.0791. The van der Waals surface area contributed by atoms with Crippen molar-refractivity contribution in [3.05, 3.63) is 65.7 Å². The number of nitriles is 1. The van der Waals surface area contributed by atoms with E-state index in [1.807, 2.05) is 6.07 Å². The van der Waals surface area contributed by atoms with Crippen LogP contribution in [0, 0.1) is 11.3 Å². The summed E-state index contributed by atoms with van der Waals surface area (Å²) in [5.41, 5.74) is -1.26. The molecule has 2 N–H and O–H groups in total. The van der Waals surface area contributed by atoms with Crippen LogP contribution in [0.3, 0.4) is 0 Å². The number of carbonyl (C=O) groups excluding carboxylic acids is 1. The van der Waals surface area contributed by atoms with Gasteiger partial charge in [-0.15, -0.1) is 0 Å². The molecule has 0 atom stereocenters. The molecule has 29 heavy (non-hydrogen) atoms. The number of nitrogens with zero attached hydrogens (tertiary/aromatic N) is 1. The molecule has 152 valence electrons. The minimum absolute atomic E-state index is 0.0657. The van der Waals surface area contributed by atoms with Gasteiger partial charge in [0.15, 0.2) is 0 Å². The molecule has 0 bridgehead atoms. The van der Waals surface area contributed by atoms with Gasteiger partial charge in [-0.25, -0.2) is 8.42 Å². The molecule has 2 rings (SSSR count). The molecular weight excluding hydrogens is 407 g/mol. The minimum atomic E-state index is -4.64. The molecule has 6 nitrogen and oxygen atoms in total. The van der Waals surface area contributed by atoms with Gasteiger partial charge in [-0.05, 0) is 42.0 Å². The second kappa shape index (κ2) is 9.25. The molecule has 0 saturated heterocycles. The highest BCUT2D eigenvalue weighted by Crippen LogP contribution is 2.33. The summed E-state index contributed by atoms with van der Waals surface area (Å²) in [4.78, 5) is 11.7. The summed E-state index contributed by atoms with van der Waals surface area (Å²) in [6.07, 6.45) is -2.54. The fraction of sp³-hybridized carbons (Fsp3) is 0.158. The molecule has 0 unspecified atom stereocenters. The molecule has 0 spiro atoms. The Morgan fingerprint density at radius 3 is 2.45 bits per heavy atom. The predicted molar refractivity (Wildman–Crippen MR) is 101 cm³/mol. The van der Waals surface area contributed by atoms with E-state index < -0.39 is 27.7 Å². The zero-order valence-electron chi connectivity index (χ0n) is 14.9. The van der Waals surface area contributed by atoms with Crippen LogP contribution in [-0.4, -0.2) is 20.9 Å². The molecule has 0 aliphatic heterocycles. The van der Waals surface area contributed by atoms with Gasteiger partial charge < -0.3 is 5.32 Å². The van der Waals surface area contributed by atoms with Crippen molar-refractivity contribution in [2.24, 2.45) is 0 Å². The second-order valence-electron chi connectivity index (χ2n) is 5.75. The lowest BCUT2D eigenvalue weighted by Gasteiger charge is -2.14. The summed E-state index contributed by atoms with van der Waals surface area (Å²) in [6, 6.07) is 11.6. The van der Waals surface area contributed by atoms with Crippen LogP contribution in [0.25, 0.3) is 6.08 Å². The largest absolute Gasteiger partial charge is 0.416 e. The Balaban J connectivity index is 2.36. The molecule has 0 radical (unpaired) electrons. The van der Waals surface area contributed by atoms with Crippen LogP contribution in [0.1, 0.15) is 17.5 Å². The SMILES string of the molecule is N#CCCNC(=O)/C=C/c1cc(C(F)(F)F)ccc1NS(=O)(=O)c1ccccc1. The first kappa shape index (κ1) is 22.0. The zero-order chi connectivity index (χ0) is 21.5. The summed E-state index contributed by atoms with van der Waals surface area (Å²) in [7, 11) is -4.04. The van der Waals surface area contributed by atoms with Crippen molar-refractivity contribution in [2.45, 2.75) is 17.5 Å². The fourth-order valence-corrected chi connectivity index (χ4v) is 3.35. The van der Waals surface area contributed by atoms with Gasteiger partial charge in [0.2, 0.25) is 5.91 Å². The number of halogens is 3. The molecule has 10 heteroatoms. The van der Waals surface area contributed by atoms with Crippen molar-refractivity contribution in [1.82, 2.24) is 5.32 Å². The molecule has 0 aliphatic rings. The van der Waals surface area contributed by atoms with Crippen LogP contribution < -0.4 is 10.0 Å². The second-order valence-corrected chi connectivity index (χ2v) is 7.43. The maximum absolute atomic E-state index is 13.0. The van der Waals surface area contributed by atoms with Crippen molar-refractivity contribution >= 4 is 27.7 Å². The summed E-state index contributed by atoms with van der Waals surface area (Å²) < 4.78 is 66.3. The van der Waals surface area contributed by atoms with Crippen molar-refractivity contribution < 1.29 is 26.4 Å². The first-order valence-corrected chi connectivity index (χ1v) is 9.74. The third-order valence-electron chi connectivity index (χ3n) is 3.63. The van der Waals surface area contributed by atoms with E-state index in [1.54, 1.807) is 6.07 Å². The van der Waals surface area contributed by atoms with Gasteiger partial charge in [0, 0.05) is 12.6 Å². The van der Waals surface area contributed by atoms with Crippen LogP contribution in [-0.2, 0) is 21.0 Å². The number of alkyl halides is 3. The fourth-order valence-electron chi connectivity index (χ4n) is 2.24. The molecule has 0 heterocycles. The van der Waals surface area contributed by atoms with Gasteiger partial charge in [-0.3, -0.25) is 9.52 Å². The first-order chi connectivity index (χ1) is 13.6. The van der Waals surface area contributed by atoms with E-state index in [0.717, 1.165) is 30.4 Å². The third kappa shape index (κ3) is 6.36. The van der Waals surface area contributed by atoms with Crippen molar-refractivity contribution in [3.63, 3.8) is 0 Å². The van der Waals surface area contributed by atoms with Crippen LogP contribution in [0.4, 0.5) is 18.9 Å². The van der Waals surface area contributed by atoms with E-state index >= 15 is 0 Å². The number of amides is 1. The first-order valence-electron chi connectivity index (χ1n) is 8.25. The molecular formula is C19H16F3N3O3S. The minimum Gasteiger partial charge on any atom is -0.352 e. The monoisotopic (exact) mass is 423 g/mol. The van der Waals surface area contributed by atoms with E-state index in [0.29, 0.717) is 0 Å². The number of anilines is 1. The van der Waals surface area contributed by atoms with E-state index in [9.17, 15) is 26.4 Å². The lowest BCUT2D eigenvalue weighted by atomic mass is 10.1. The van der Waals surface area contributed by atoms with Gasteiger partial charge in [0.25, 0.3) is 10.0 Å². The molecule has 2 aromatic carbocycles. The average molecular weight is 423 g/mol. The Labute approximate surface area is 165 Å². The predicted octanol–water partition coefficient (Wildman–Crippen LogP) is 3.55. The standard InChI is InChI=1S/C19H16F3N3O3S/c20-19(21,22)15-8-9-17(25-29(27,28)16-5-2-1-3-6-16)14(13-15)7-10-18(26)24-12-4-11-23/h1-3,5-10,13,25H,4,12H2,(H,24,26)/b10-7+. The van der Waals surface area contributed by atoms with Gasteiger partial charge >= 0.3 is 6.18 Å². The highest BCUT2D eigenvalue weighted by atomic mass is 32.2. The Bertz CT molecular complexity index is 1040. The number of rotatable bonds is 7. The number of nitrogens with one attached hydrogen (secondary N) is 2. The quantitative estimate of drug-likeness (QED) is 0.526. The van der Waals surface area contributed by atoms with E-state index in [2.05, 4.69) is 10.0 Å². The van der Waals surface area contributed by atoms with Gasteiger partial charge in [-0.2, -0.15) is 18.4 Å². The highest BCUT2D eigenvalue weighted by molar-refractivity contribution is 7.92. The van der Waals surface area contributed by atoms with Crippen LogP contribution in [0.2, 0.25) is 0 Å². The van der Waals surface area contributed by atoms with Crippen LogP contribution in [0.5, 0.6) is 0 Å². The van der Waals surface area contributed by atoms with E-state index in [4.69, 9.17) is 5.26 Å². The summed E-state index contributed by atoms with van der Waals surface area (Å²) >= 11 is 0. The smallest absolute Gasteiger partial charge is 0.352 e. The molecule has 2 aromatic rings. The zero-order valence-corrected chi connectivity index (χ0v) is 15.7. The number of carbonyl (C=O) groups is 1. The molecule has 0 aromatic heterocycles. The van der Waals surface area contributed by atoms with Crippen LogP contribution in [0.15, 0.2) is 59.5 Å². The summed E-state index contributed by atoms with van der Waals surface area (Å²) in [5.74, 6) is -0.630. The maximum atomic E-state index is 13.0. The van der Waals surface area contributed by atoms with Crippen molar-refractivity contribution in [1.29, 1.82) is 5.26 Å². The number of hydrogen-bond acceptors (Lipinski definition) is 4. The average Bonchev–Trinajstić information content (AvgIpc) is 2.67. The molecule has 0 aliphatic carbocycles. The topological polar surface area (TPSA) is 99.1 Å². The lowest BCUT2D eigenvalue weighted by Crippen LogP contribution is -2.21. The number of sulfonamides is 1. The third-order valence-corrected chi connectivity index (χ3v) is 5.01. The lowest BCUT2D eigenvalue weighted by molar-refractivity contribution is -0.137. The highest BCUT2D eigenvalue weighted by Gasteiger charge is 2.31. The Morgan fingerprint density at radius 1 is 1.14 bits per heavy atom. The summed E-state index contributed by atoms with van der Waals surface area (Å²) in [5, 5.41) is 10.8. The Hall–Kier alpha value is -3.32. The Morgan fingerprint density at radius 2 is 1.83 bits per heavy atom. The molecule has 0 fully saturated rings. The van der Waals surface area contributed by atoms with Gasteiger partial charge in [0.05, 0.1) is 28.6 Å². The maximum Gasteiger partial charge on any atom is 0.416 e. The van der Waals surface area contributed by atoms with E-state index in [-0.39, 0.29) is 29.1 Å². The van der Waals surface area contributed by atoms with Gasteiger partial charge in [-0.1, -0.05) is 18.2 Å². The van der Waals surface area contributed by atoms with Crippen molar-refractivity contribution in [2.75, 3.05) is 11.3 Å². The molecule has 1 amide bonds. The van der Waals surface area contributed by atoms with Crippen LogP contribution >= 0.6 is 0 Å². The molecule has 0 saturated carbocycles. The van der Waals surface area contributed by atoms with E-state index in [1.165, 1.54) is 24.3 Å². The van der Waals surface area contributed by atoms with Gasteiger partial charge in [0.1, 0.15) is 0 Å². The number of benzene rings is 2. The number of hydrogen-bond donors (Lipinski definition) is 2. The Kier molecular flexibility index (Phi) is 7.01.